The van der Waals surface area contributed by atoms with Crippen LogP contribution in [0.5, 0.6) is 0 Å². The molecule has 0 N–H and O–H groups in total. The van der Waals surface area contributed by atoms with Gasteiger partial charge in [-0.1, -0.05) is 51.3 Å². The van der Waals surface area contributed by atoms with Gasteiger partial charge in [0.05, 0.1) is 5.56 Å². The van der Waals surface area contributed by atoms with Gasteiger partial charge in [-0.15, -0.1) is 0 Å². The van der Waals surface area contributed by atoms with Crippen LogP contribution >= 0.6 is 0 Å². The third-order valence-electron chi connectivity index (χ3n) is 2.89. The van der Waals surface area contributed by atoms with Crippen LogP contribution in [0.2, 0.25) is 0 Å². The molecule has 0 saturated carbocycles. The van der Waals surface area contributed by atoms with Crippen molar-refractivity contribution >= 4 is 0 Å². The van der Waals surface area contributed by atoms with Gasteiger partial charge in [0.15, 0.2) is 0 Å². The lowest BCUT2D eigenvalue weighted by Gasteiger charge is -2.12. The van der Waals surface area contributed by atoms with E-state index in [9.17, 15) is 13.2 Å². The molecule has 3 heteroatoms. The highest BCUT2D eigenvalue weighted by Crippen LogP contribution is 2.30. The number of alkyl halides is 3. The molecule has 0 aliphatic carbocycles. The van der Waals surface area contributed by atoms with Crippen molar-refractivity contribution in [1.29, 1.82) is 0 Å². The average Bonchev–Trinajstić information content (AvgIpc) is 2.25. The Hall–Kier alpha value is -0.990. The summed E-state index contributed by atoms with van der Waals surface area (Å²) in [6.45, 7) is 4.22. The second-order valence-electron chi connectivity index (χ2n) is 4.65. The lowest BCUT2D eigenvalue weighted by atomic mass is 9.95. The molecule has 0 bridgehead atoms. The van der Waals surface area contributed by atoms with E-state index in [1.165, 1.54) is 12.1 Å². The molecule has 1 rings (SSSR count). The molecule has 17 heavy (non-hydrogen) atoms. The summed E-state index contributed by atoms with van der Waals surface area (Å²) in [5.74, 6) is 0.443. The Labute approximate surface area is 101 Å². The van der Waals surface area contributed by atoms with Crippen LogP contribution in [0.3, 0.4) is 0 Å². The van der Waals surface area contributed by atoms with Gasteiger partial charge in [-0.2, -0.15) is 13.2 Å². The van der Waals surface area contributed by atoms with Gasteiger partial charge in [0, 0.05) is 0 Å². The highest BCUT2D eigenvalue weighted by molar-refractivity contribution is 5.25. The van der Waals surface area contributed by atoms with Crippen LogP contribution in [0.1, 0.15) is 44.2 Å². The van der Waals surface area contributed by atoms with E-state index in [2.05, 4.69) is 13.8 Å². The molecule has 0 heterocycles. The summed E-state index contributed by atoms with van der Waals surface area (Å²) < 4.78 is 37.5. The minimum Gasteiger partial charge on any atom is -0.166 e. The van der Waals surface area contributed by atoms with Crippen molar-refractivity contribution in [1.82, 2.24) is 0 Å². The third kappa shape index (κ3) is 4.80. The first-order chi connectivity index (χ1) is 7.93. The number of hydrogen-bond donors (Lipinski definition) is 0. The zero-order valence-electron chi connectivity index (χ0n) is 10.3. The fourth-order valence-electron chi connectivity index (χ4n) is 1.93. The summed E-state index contributed by atoms with van der Waals surface area (Å²) >= 11 is 0. The predicted octanol–water partition coefficient (Wildman–Crippen LogP) is 5.07. The molecule has 0 saturated heterocycles. The van der Waals surface area contributed by atoms with Gasteiger partial charge in [0.25, 0.3) is 0 Å². The highest BCUT2D eigenvalue weighted by atomic mass is 19.4. The number of unbranched alkanes of at least 4 members (excludes halogenated alkanes) is 1. The predicted molar refractivity (Wildman–Crippen MR) is 63.8 cm³/mol. The van der Waals surface area contributed by atoms with Crippen molar-refractivity contribution in [3.8, 4) is 0 Å². The van der Waals surface area contributed by atoms with Crippen LogP contribution in [0.4, 0.5) is 13.2 Å². The average molecular weight is 244 g/mol. The van der Waals surface area contributed by atoms with E-state index in [-0.39, 0.29) is 0 Å². The molecule has 1 aromatic carbocycles. The molecule has 1 atom stereocenters. The summed E-state index contributed by atoms with van der Waals surface area (Å²) in [4.78, 5) is 0. The topological polar surface area (TPSA) is 0 Å². The normalized spacial score (nSPS) is 13.7. The van der Waals surface area contributed by atoms with Crippen LogP contribution in [0, 0.1) is 5.92 Å². The maximum Gasteiger partial charge on any atom is 0.416 e. The molecular formula is C14H19F3. The molecule has 0 radical (unpaired) electrons. The van der Waals surface area contributed by atoms with Crippen molar-refractivity contribution < 1.29 is 13.2 Å². The molecule has 0 aromatic heterocycles. The van der Waals surface area contributed by atoms with Crippen molar-refractivity contribution in [2.24, 2.45) is 5.92 Å². The smallest absolute Gasteiger partial charge is 0.166 e. The Bertz CT molecular complexity index is 342. The van der Waals surface area contributed by atoms with E-state index in [4.69, 9.17) is 0 Å². The number of hydrogen-bond acceptors (Lipinski definition) is 0. The van der Waals surface area contributed by atoms with Crippen molar-refractivity contribution in [3.63, 3.8) is 0 Å². The fraction of sp³-hybridized carbons (Fsp3) is 0.571. The van der Waals surface area contributed by atoms with E-state index in [0.29, 0.717) is 5.92 Å². The standard InChI is InChI=1S/C14H19F3/c1-3-4-6-11(2)9-12-7-5-8-13(10-12)14(15,16)17/h5,7-8,10-11H,3-4,6,9H2,1-2H3. The molecule has 0 nitrogen and oxygen atoms in total. The first-order valence-electron chi connectivity index (χ1n) is 6.09. The maximum absolute atomic E-state index is 12.5. The molecular weight excluding hydrogens is 225 g/mol. The molecule has 96 valence electrons. The molecule has 1 aromatic rings. The first kappa shape index (κ1) is 14.1. The highest BCUT2D eigenvalue weighted by Gasteiger charge is 2.30. The zero-order chi connectivity index (χ0) is 12.9. The van der Waals surface area contributed by atoms with E-state index in [1.54, 1.807) is 6.07 Å². The zero-order valence-corrected chi connectivity index (χ0v) is 10.3. The first-order valence-corrected chi connectivity index (χ1v) is 6.09. The van der Waals surface area contributed by atoms with Crippen LogP contribution in [0.25, 0.3) is 0 Å². The minimum atomic E-state index is -4.23. The van der Waals surface area contributed by atoms with E-state index >= 15 is 0 Å². The SMILES string of the molecule is CCCCC(C)Cc1cccc(C(F)(F)F)c1. The second kappa shape index (κ2) is 6.08. The molecule has 0 aliphatic heterocycles. The Kier molecular flexibility index (Phi) is 5.03. The summed E-state index contributed by atoms with van der Waals surface area (Å²) in [7, 11) is 0. The van der Waals surface area contributed by atoms with Gasteiger partial charge in [-0.3, -0.25) is 0 Å². The van der Waals surface area contributed by atoms with E-state index < -0.39 is 11.7 Å². The number of rotatable bonds is 5. The van der Waals surface area contributed by atoms with E-state index in [0.717, 1.165) is 37.3 Å². The Balaban J connectivity index is 2.66. The van der Waals surface area contributed by atoms with Gasteiger partial charge in [0.1, 0.15) is 0 Å². The monoisotopic (exact) mass is 244 g/mol. The van der Waals surface area contributed by atoms with Gasteiger partial charge < -0.3 is 0 Å². The second-order valence-corrected chi connectivity index (χ2v) is 4.65. The van der Waals surface area contributed by atoms with Gasteiger partial charge >= 0.3 is 6.18 Å². The minimum absolute atomic E-state index is 0.443. The Morgan fingerprint density at radius 2 is 1.94 bits per heavy atom. The van der Waals surface area contributed by atoms with Crippen molar-refractivity contribution in [3.05, 3.63) is 35.4 Å². The summed E-state index contributed by atoms with van der Waals surface area (Å²) in [5, 5.41) is 0. The quantitative estimate of drug-likeness (QED) is 0.678. The van der Waals surface area contributed by atoms with E-state index in [1.807, 2.05) is 0 Å². The molecule has 1 unspecified atom stereocenters. The third-order valence-corrected chi connectivity index (χ3v) is 2.89. The van der Waals surface area contributed by atoms with Crippen LogP contribution in [0.15, 0.2) is 24.3 Å². The van der Waals surface area contributed by atoms with Gasteiger partial charge in [-0.25, -0.2) is 0 Å². The summed E-state index contributed by atoms with van der Waals surface area (Å²) in [5.41, 5.74) is 0.237. The summed E-state index contributed by atoms with van der Waals surface area (Å²) in [6.07, 6.45) is -0.160. The number of benzene rings is 1. The lowest BCUT2D eigenvalue weighted by Crippen LogP contribution is -2.06. The van der Waals surface area contributed by atoms with Crippen LogP contribution in [-0.2, 0) is 12.6 Å². The number of halogens is 3. The van der Waals surface area contributed by atoms with Gasteiger partial charge in [-0.05, 0) is 24.0 Å². The van der Waals surface area contributed by atoms with Crippen molar-refractivity contribution in [2.75, 3.05) is 0 Å². The molecule has 0 fully saturated rings. The van der Waals surface area contributed by atoms with Crippen molar-refractivity contribution in [2.45, 2.75) is 45.7 Å². The maximum atomic E-state index is 12.5. The fourth-order valence-corrected chi connectivity index (χ4v) is 1.93. The summed E-state index contributed by atoms with van der Waals surface area (Å²) in [6, 6.07) is 5.66. The lowest BCUT2D eigenvalue weighted by molar-refractivity contribution is -0.137. The van der Waals surface area contributed by atoms with Gasteiger partial charge in [0.2, 0.25) is 0 Å². The van der Waals surface area contributed by atoms with Crippen LogP contribution in [-0.4, -0.2) is 0 Å². The molecule has 0 aliphatic rings. The largest absolute Gasteiger partial charge is 0.416 e. The molecule has 0 amide bonds. The Morgan fingerprint density at radius 3 is 2.53 bits per heavy atom. The Morgan fingerprint density at radius 1 is 1.24 bits per heavy atom. The van der Waals surface area contributed by atoms with Crippen LogP contribution < -0.4 is 0 Å². The molecule has 0 spiro atoms.